The van der Waals surface area contributed by atoms with Crippen LogP contribution in [0.15, 0.2) is 24.3 Å². The van der Waals surface area contributed by atoms with Gasteiger partial charge in [0.15, 0.2) is 0 Å². The summed E-state index contributed by atoms with van der Waals surface area (Å²) in [6.07, 6.45) is -4.46. The molecule has 0 spiro atoms. The molecule has 4 nitrogen and oxygen atoms in total. The van der Waals surface area contributed by atoms with Crippen LogP contribution in [0, 0.1) is 11.3 Å². The van der Waals surface area contributed by atoms with Gasteiger partial charge in [-0.15, -0.1) is 0 Å². The second kappa shape index (κ2) is 6.14. The number of nitriles is 1. The van der Waals surface area contributed by atoms with E-state index in [4.69, 9.17) is 5.26 Å². The van der Waals surface area contributed by atoms with Crippen molar-refractivity contribution >= 4 is 5.91 Å². The maximum Gasteiger partial charge on any atom is 0.416 e. The van der Waals surface area contributed by atoms with Crippen molar-refractivity contribution in [1.29, 1.82) is 5.26 Å². The van der Waals surface area contributed by atoms with Crippen molar-refractivity contribution in [2.24, 2.45) is 0 Å². The zero-order chi connectivity index (χ0) is 15.5. The number of halogens is 3. The predicted octanol–water partition coefficient (Wildman–Crippen LogP) is 1.99. The molecule has 7 heteroatoms. The summed E-state index contributed by atoms with van der Waals surface area (Å²) < 4.78 is 37.9. The highest BCUT2D eigenvalue weighted by Gasteiger charge is 2.31. The quantitative estimate of drug-likeness (QED) is 0.784. The van der Waals surface area contributed by atoms with Gasteiger partial charge < -0.3 is 4.90 Å². The Hall–Kier alpha value is -2.07. The maximum absolute atomic E-state index is 12.6. The van der Waals surface area contributed by atoms with Gasteiger partial charge in [0.25, 0.3) is 5.91 Å². The number of amides is 1. The zero-order valence-electron chi connectivity index (χ0n) is 11.2. The summed E-state index contributed by atoms with van der Waals surface area (Å²) in [6, 6.07) is 6.49. The largest absolute Gasteiger partial charge is 0.416 e. The first-order chi connectivity index (χ1) is 9.91. The Labute approximate surface area is 120 Å². The van der Waals surface area contributed by atoms with Crippen LogP contribution in [0.5, 0.6) is 0 Å². The molecule has 1 amide bonds. The number of carbonyl (C=O) groups is 1. The molecule has 0 aromatic heterocycles. The summed E-state index contributed by atoms with van der Waals surface area (Å²) in [6.45, 7) is 2.23. The number of rotatable bonds is 2. The van der Waals surface area contributed by atoms with Crippen molar-refractivity contribution in [3.8, 4) is 6.07 Å². The molecule has 1 aliphatic rings. The lowest BCUT2D eigenvalue weighted by Crippen LogP contribution is -2.48. The molecule has 0 radical (unpaired) electrons. The van der Waals surface area contributed by atoms with Crippen molar-refractivity contribution in [3.05, 3.63) is 35.4 Å². The Balaban J connectivity index is 2.06. The Morgan fingerprint density at radius 2 is 1.90 bits per heavy atom. The van der Waals surface area contributed by atoms with Crippen LogP contribution >= 0.6 is 0 Å². The van der Waals surface area contributed by atoms with Crippen molar-refractivity contribution in [2.45, 2.75) is 6.18 Å². The first-order valence-corrected chi connectivity index (χ1v) is 6.47. The monoisotopic (exact) mass is 297 g/mol. The number of hydrogen-bond acceptors (Lipinski definition) is 3. The fourth-order valence-electron chi connectivity index (χ4n) is 2.22. The molecule has 0 N–H and O–H groups in total. The molecule has 0 saturated carbocycles. The van der Waals surface area contributed by atoms with Crippen LogP contribution in [0.1, 0.15) is 15.9 Å². The molecule has 1 heterocycles. The van der Waals surface area contributed by atoms with Gasteiger partial charge in [-0.2, -0.15) is 18.4 Å². The number of carbonyl (C=O) groups excluding carboxylic acids is 1. The van der Waals surface area contributed by atoms with Crippen LogP contribution in [0.3, 0.4) is 0 Å². The molecule has 1 aliphatic heterocycles. The highest BCUT2D eigenvalue weighted by atomic mass is 19.4. The first-order valence-electron chi connectivity index (χ1n) is 6.47. The number of nitrogens with zero attached hydrogens (tertiary/aromatic N) is 3. The van der Waals surface area contributed by atoms with Gasteiger partial charge in [0, 0.05) is 31.7 Å². The molecule has 21 heavy (non-hydrogen) atoms. The van der Waals surface area contributed by atoms with Crippen LogP contribution in [0.2, 0.25) is 0 Å². The van der Waals surface area contributed by atoms with Gasteiger partial charge in [0.05, 0.1) is 18.2 Å². The molecule has 112 valence electrons. The lowest BCUT2D eigenvalue weighted by atomic mass is 10.1. The Kier molecular flexibility index (Phi) is 4.48. The van der Waals surface area contributed by atoms with Crippen LogP contribution in [0.25, 0.3) is 0 Å². The summed E-state index contributed by atoms with van der Waals surface area (Å²) >= 11 is 0. The van der Waals surface area contributed by atoms with E-state index in [0.29, 0.717) is 32.7 Å². The molecule has 1 aromatic rings. The zero-order valence-corrected chi connectivity index (χ0v) is 11.2. The van der Waals surface area contributed by atoms with E-state index < -0.39 is 17.6 Å². The molecule has 0 atom stereocenters. The average molecular weight is 297 g/mol. The molecule has 2 rings (SSSR count). The molecule has 1 fully saturated rings. The summed E-state index contributed by atoms with van der Waals surface area (Å²) in [7, 11) is 0. The van der Waals surface area contributed by atoms with Crippen LogP contribution < -0.4 is 0 Å². The maximum atomic E-state index is 12.6. The fraction of sp³-hybridized carbons (Fsp3) is 0.429. The number of hydrogen-bond donors (Lipinski definition) is 0. The second-order valence-corrected chi connectivity index (χ2v) is 4.81. The lowest BCUT2D eigenvalue weighted by molar-refractivity contribution is -0.137. The average Bonchev–Trinajstić information content (AvgIpc) is 2.47. The Morgan fingerprint density at radius 1 is 1.24 bits per heavy atom. The fourth-order valence-corrected chi connectivity index (χ4v) is 2.22. The van der Waals surface area contributed by atoms with Gasteiger partial charge >= 0.3 is 6.18 Å². The van der Waals surface area contributed by atoms with E-state index in [2.05, 4.69) is 0 Å². The standard InChI is InChI=1S/C14H14F3N3O/c15-14(16,17)12-3-1-2-11(10-12)13(21)20-8-6-19(5-4-18)7-9-20/h1-3,10H,5-9H2. The highest BCUT2D eigenvalue weighted by molar-refractivity contribution is 5.94. The Morgan fingerprint density at radius 3 is 2.48 bits per heavy atom. The molecule has 1 aromatic carbocycles. The summed E-state index contributed by atoms with van der Waals surface area (Å²) in [5.74, 6) is -0.405. The molecule has 0 unspecified atom stereocenters. The third-order valence-corrected chi connectivity index (χ3v) is 3.39. The number of benzene rings is 1. The van der Waals surface area contributed by atoms with Gasteiger partial charge in [-0.25, -0.2) is 0 Å². The molecule has 0 aliphatic carbocycles. The normalized spacial score (nSPS) is 16.6. The van der Waals surface area contributed by atoms with Gasteiger partial charge in [0.2, 0.25) is 0 Å². The molecule has 1 saturated heterocycles. The summed E-state index contributed by atoms with van der Waals surface area (Å²) in [4.78, 5) is 15.6. The molecular weight excluding hydrogens is 283 g/mol. The van der Waals surface area contributed by atoms with E-state index in [-0.39, 0.29) is 5.56 Å². The van der Waals surface area contributed by atoms with E-state index in [0.717, 1.165) is 12.1 Å². The number of piperazine rings is 1. The van der Waals surface area contributed by atoms with Crippen LogP contribution in [0.4, 0.5) is 13.2 Å². The second-order valence-electron chi connectivity index (χ2n) is 4.81. The smallest absolute Gasteiger partial charge is 0.336 e. The third-order valence-electron chi connectivity index (χ3n) is 3.39. The van der Waals surface area contributed by atoms with E-state index in [9.17, 15) is 18.0 Å². The van der Waals surface area contributed by atoms with Gasteiger partial charge in [0.1, 0.15) is 0 Å². The molecule has 0 bridgehead atoms. The van der Waals surface area contributed by atoms with E-state index in [1.165, 1.54) is 17.0 Å². The topological polar surface area (TPSA) is 47.3 Å². The minimum absolute atomic E-state index is 0.0403. The lowest BCUT2D eigenvalue weighted by Gasteiger charge is -2.33. The summed E-state index contributed by atoms with van der Waals surface area (Å²) in [5.41, 5.74) is -0.782. The van der Waals surface area contributed by atoms with Crippen molar-refractivity contribution in [3.63, 3.8) is 0 Å². The van der Waals surface area contributed by atoms with E-state index >= 15 is 0 Å². The van der Waals surface area contributed by atoms with E-state index in [1.54, 1.807) is 0 Å². The highest BCUT2D eigenvalue weighted by Crippen LogP contribution is 2.29. The van der Waals surface area contributed by atoms with Gasteiger partial charge in [-0.1, -0.05) is 6.07 Å². The minimum atomic E-state index is -4.46. The Bertz CT molecular complexity index is 557. The van der Waals surface area contributed by atoms with Crippen LogP contribution in [-0.4, -0.2) is 48.4 Å². The summed E-state index contributed by atoms with van der Waals surface area (Å²) in [5, 5.41) is 8.60. The van der Waals surface area contributed by atoms with Crippen molar-refractivity contribution < 1.29 is 18.0 Å². The van der Waals surface area contributed by atoms with Crippen molar-refractivity contribution in [1.82, 2.24) is 9.80 Å². The van der Waals surface area contributed by atoms with Crippen molar-refractivity contribution in [2.75, 3.05) is 32.7 Å². The third kappa shape index (κ3) is 3.73. The van der Waals surface area contributed by atoms with Crippen LogP contribution in [-0.2, 0) is 6.18 Å². The van der Waals surface area contributed by atoms with Gasteiger partial charge in [-0.3, -0.25) is 9.69 Å². The number of alkyl halides is 3. The SMILES string of the molecule is N#CCN1CCN(C(=O)c2cccc(C(F)(F)F)c2)CC1. The molecular formula is C14H14F3N3O. The minimum Gasteiger partial charge on any atom is -0.336 e. The predicted molar refractivity (Wildman–Crippen MR) is 69.4 cm³/mol. The van der Waals surface area contributed by atoms with Gasteiger partial charge in [-0.05, 0) is 18.2 Å². The van der Waals surface area contributed by atoms with E-state index in [1.807, 2.05) is 11.0 Å². The first kappa shape index (κ1) is 15.3.